The number of thiazole rings is 2. The minimum absolute atomic E-state index is 0.561. The van der Waals surface area contributed by atoms with Gasteiger partial charge in [0.1, 0.15) is 11.5 Å². The molecule has 0 radical (unpaired) electrons. The van der Waals surface area contributed by atoms with Crippen molar-refractivity contribution < 1.29 is 4.74 Å². The standard InChI is InChI=1S/C21H20N4OS2/c1-2-4-14(5-3-1)24-21-25-17-7-6-15(11-20(17)28-21)26-16-8-9-22-18(10-16)19-12-27-13-23-19/h6-14H,1-5H2,(H,24,25). The fraction of sp³-hybridized carbons (Fsp3) is 0.286. The lowest BCUT2D eigenvalue weighted by Gasteiger charge is -2.22. The Morgan fingerprint density at radius 2 is 1.86 bits per heavy atom. The molecule has 3 aromatic heterocycles. The van der Waals surface area contributed by atoms with Gasteiger partial charge in [-0.15, -0.1) is 11.3 Å². The van der Waals surface area contributed by atoms with Crippen LogP contribution in [0.4, 0.5) is 5.13 Å². The lowest BCUT2D eigenvalue weighted by molar-refractivity contribution is 0.462. The molecule has 1 aliphatic carbocycles. The number of fused-ring (bicyclic) bond motifs is 1. The molecule has 1 fully saturated rings. The number of nitrogens with one attached hydrogen (secondary N) is 1. The van der Waals surface area contributed by atoms with Gasteiger partial charge in [0.25, 0.3) is 0 Å². The molecule has 5 nitrogen and oxygen atoms in total. The van der Waals surface area contributed by atoms with Crippen LogP contribution in [-0.2, 0) is 0 Å². The highest BCUT2D eigenvalue weighted by Gasteiger charge is 2.15. The molecule has 1 N–H and O–H groups in total. The van der Waals surface area contributed by atoms with Gasteiger partial charge in [-0.05, 0) is 31.0 Å². The molecular formula is C21H20N4OS2. The maximum atomic E-state index is 6.08. The fourth-order valence-corrected chi connectivity index (χ4v) is 5.06. The van der Waals surface area contributed by atoms with E-state index < -0.39 is 0 Å². The van der Waals surface area contributed by atoms with E-state index in [1.165, 1.54) is 32.1 Å². The summed E-state index contributed by atoms with van der Waals surface area (Å²) >= 11 is 3.25. The van der Waals surface area contributed by atoms with E-state index in [-0.39, 0.29) is 0 Å². The van der Waals surface area contributed by atoms with Gasteiger partial charge in [-0.2, -0.15) is 0 Å². The van der Waals surface area contributed by atoms with Crippen LogP contribution in [0, 0.1) is 0 Å². The van der Waals surface area contributed by atoms with Crippen molar-refractivity contribution in [3.8, 4) is 22.9 Å². The van der Waals surface area contributed by atoms with Crippen molar-refractivity contribution in [3.63, 3.8) is 0 Å². The van der Waals surface area contributed by atoms with Crippen molar-refractivity contribution in [2.45, 2.75) is 38.1 Å². The topological polar surface area (TPSA) is 59.9 Å². The third-order valence-corrected chi connectivity index (χ3v) is 6.49. The van der Waals surface area contributed by atoms with E-state index in [0.29, 0.717) is 6.04 Å². The van der Waals surface area contributed by atoms with Crippen LogP contribution in [-0.4, -0.2) is 21.0 Å². The fourth-order valence-electron chi connectivity index (χ4n) is 3.54. The molecule has 3 heterocycles. The van der Waals surface area contributed by atoms with Crippen molar-refractivity contribution in [2.75, 3.05) is 5.32 Å². The number of benzene rings is 1. The zero-order valence-electron chi connectivity index (χ0n) is 15.3. The number of rotatable bonds is 5. The van der Waals surface area contributed by atoms with Crippen molar-refractivity contribution in [2.24, 2.45) is 0 Å². The van der Waals surface area contributed by atoms with Gasteiger partial charge in [0.2, 0.25) is 0 Å². The zero-order chi connectivity index (χ0) is 18.8. The van der Waals surface area contributed by atoms with Crippen molar-refractivity contribution in [3.05, 3.63) is 47.4 Å². The Bertz CT molecular complexity index is 1070. The van der Waals surface area contributed by atoms with Crippen LogP contribution in [0.25, 0.3) is 21.6 Å². The molecule has 4 aromatic rings. The Labute approximate surface area is 171 Å². The number of ether oxygens (including phenoxy) is 1. The molecule has 0 atom stereocenters. The first-order valence-electron chi connectivity index (χ1n) is 9.53. The second-order valence-corrected chi connectivity index (χ2v) is 8.73. The number of pyridine rings is 1. The summed E-state index contributed by atoms with van der Waals surface area (Å²) in [4.78, 5) is 13.4. The number of nitrogens with zero attached hydrogens (tertiary/aromatic N) is 3. The first kappa shape index (κ1) is 17.6. The molecule has 0 saturated heterocycles. The van der Waals surface area contributed by atoms with E-state index in [4.69, 9.17) is 9.72 Å². The summed E-state index contributed by atoms with van der Waals surface area (Å²) in [6.07, 6.45) is 8.23. The number of anilines is 1. The summed E-state index contributed by atoms with van der Waals surface area (Å²) in [5.41, 5.74) is 4.50. The lowest BCUT2D eigenvalue weighted by atomic mass is 9.96. The molecule has 0 spiro atoms. The Balaban J connectivity index is 1.34. The van der Waals surface area contributed by atoms with E-state index in [9.17, 15) is 0 Å². The Kier molecular flexibility index (Phi) is 4.93. The van der Waals surface area contributed by atoms with E-state index in [0.717, 1.165) is 38.2 Å². The highest BCUT2D eigenvalue weighted by atomic mass is 32.1. The smallest absolute Gasteiger partial charge is 0.184 e. The minimum Gasteiger partial charge on any atom is -0.457 e. The molecule has 0 unspecified atom stereocenters. The Hall–Kier alpha value is -2.51. The summed E-state index contributed by atoms with van der Waals surface area (Å²) in [6, 6.07) is 10.4. The SMILES string of the molecule is c1cc(Oc2ccc3nc(NC4CCCCC4)sc3c2)cc(-c2cscn2)n1. The lowest BCUT2D eigenvalue weighted by Crippen LogP contribution is -2.21. The predicted octanol–water partition coefficient (Wildman–Crippen LogP) is 6.35. The van der Waals surface area contributed by atoms with Crippen LogP contribution < -0.4 is 10.1 Å². The van der Waals surface area contributed by atoms with E-state index in [1.807, 2.05) is 29.6 Å². The van der Waals surface area contributed by atoms with Crippen LogP contribution >= 0.6 is 22.7 Å². The number of hydrogen-bond donors (Lipinski definition) is 1. The third kappa shape index (κ3) is 3.86. The second kappa shape index (κ2) is 7.85. The van der Waals surface area contributed by atoms with Crippen molar-refractivity contribution in [1.82, 2.24) is 15.0 Å². The predicted molar refractivity (Wildman–Crippen MR) is 116 cm³/mol. The molecular weight excluding hydrogens is 388 g/mol. The highest BCUT2D eigenvalue weighted by Crippen LogP contribution is 2.33. The first-order chi connectivity index (χ1) is 13.8. The van der Waals surface area contributed by atoms with Crippen LogP contribution in [0.15, 0.2) is 47.4 Å². The van der Waals surface area contributed by atoms with Crippen LogP contribution in [0.2, 0.25) is 0 Å². The maximum Gasteiger partial charge on any atom is 0.184 e. The highest BCUT2D eigenvalue weighted by molar-refractivity contribution is 7.22. The number of hydrogen-bond acceptors (Lipinski definition) is 7. The molecule has 28 heavy (non-hydrogen) atoms. The van der Waals surface area contributed by atoms with Gasteiger partial charge in [-0.25, -0.2) is 9.97 Å². The largest absolute Gasteiger partial charge is 0.457 e. The third-order valence-electron chi connectivity index (χ3n) is 4.95. The van der Waals surface area contributed by atoms with Gasteiger partial charge in [0, 0.05) is 29.8 Å². The minimum atomic E-state index is 0.561. The summed E-state index contributed by atoms with van der Waals surface area (Å²) < 4.78 is 7.21. The average Bonchev–Trinajstić information content (AvgIpc) is 3.38. The summed E-state index contributed by atoms with van der Waals surface area (Å²) in [5, 5.41) is 6.61. The van der Waals surface area contributed by atoms with Crippen LogP contribution in [0.1, 0.15) is 32.1 Å². The normalized spacial score (nSPS) is 15.0. The van der Waals surface area contributed by atoms with Crippen LogP contribution in [0.5, 0.6) is 11.5 Å². The Morgan fingerprint density at radius 1 is 0.964 bits per heavy atom. The van der Waals surface area contributed by atoms with Crippen LogP contribution in [0.3, 0.4) is 0 Å². The maximum absolute atomic E-state index is 6.08. The quantitative estimate of drug-likeness (QED) is 0.417. The summed E-state index contributed by atoms with van der Waals surface area (Å²) in [6.45, 7) is 0. The second-order valence-electron chi connectivity index (χ2n) is 6.98. The average molecular weight is 409 g/mol. The van der Waals surface area contributed by atoms with Gasteiger partial charge in [-0.1, -0.05) is 30.6 Å². The molecule has 0 amide bonds. The molecule has 1 saturated carbocycles. The molecule has 0 aliphatic heterocycles. The van der Waals surface area contributed by atoms with E-state index in [2.05, 4.69) is 21.4 Å². The van der Waals surface area contributed by atoms with Gasteiger partial charge < -0.3 is 10.1 Å². The van der Waals surface area contributed by atoms with Gasteiger partial charge in [0.05, 0.1) is 27.1 Å². The molecule has 1 aromatic carbocycles. The van der Waals surface area contributed by atoms with Gasteiger partial charge >= 0.3 is 0 Å². The summed E-state index contributed by atoms with van der Waals surface area (Å²) in [5.74, 6) is 1.55. The van der Waals surface area contributed by atoms with E-state index in [1.54, 1.807) is 34.4 Å². The van der Waals surface area contributed by atoms with Gasteiger partial charge in [-0.3, -0.25) is 4.98 Å². The Morgan fingerprint density at radius 3 is 2.71 bits per heavy atom. The molecule has 7 heteroatoms. The first-order valence-corrected chi connectivity index (χ1v) is 11.3. The summed E-state index contributed by atoms with van der Waals surface area (Å²) in [7, 11) is 0. The molecule has 1 aliphatic rings. The van der Waals surface area contributed by atoms with Crippen molar-refractivity contribution in [1.29, 1.82) is 0 Å². The molecule has 0 bridgehead atoms. The van der Waals surface area contributed by atoms with Crippen molar-refractivity contribution >= 4 is 38.0 Å². The molecule has 5 rings (SSSR count). The number of aromatic nitrogens is 3. The molecule has 142 valence electrons. The van der Waals surface area contributed by atoms with E-state index >= 15 is 0 Å². The monoisotopic (exact) mass is 408 g/mol. The van der Waals surface area contributed by atoms with Gasteiger partial charge in [0.15, 0.2) is 5.13 Å². The zero-order valence-corrected chi connectivity index (χ0v) is 16.9.